The average Bonchev–Trinajstić information content (AvgIpc) is 3.04. The van der Waals surface area contributed by atoms with E-state index in [9.17, 15) is 4.79 Å². The summed E-state index contributed by atoms with van der Waals surface area (Å²) in [4.78, 5) is 15.8. The van der Waals surface area contributed by atoms with Crippen LogP contribution in [0.25, 0.3) is 0 Å². The zero-order valence-electron chi connectivity index (χ0n) is 13.4. The van der Waals surface area contributed by atoms with Crippen LogP contribution in [-0.2, 0) is 4.79 Å². The van der Waals surface area contributed by atoms with Crippen molar-refractivity contribution in [1.29, 1.82) is 0 Å². The Morgan fingerprint density at radius 1 is 1.17 bits per heavy atom. The Hall–Kier alpha value is -1.78. The van der Waals surface area contributed by atoms with Crippen molar-refractivity contribution in [2.24, 2.45) is 0 Å². The van der Waals surface area contributed by atoms with E-state index in [1.807, 2.05) is 36.6 Å². The van der Waals surface area contributed by atoms with Crippen LogP contribution in [0.15, 0.2) is 59.5 Å². The molecule has 1 unspecified atom stereocenters. The van der Waals surface area contributed by atoms with Crippen molar-refractivity contribution in [2.75, 3.05) is 24.7 Å². The van der Waals surface area contributed by atoms with Crippen LogP contribution in [0.1, 0.15) is 24.4 Å². The van der Waals surface area contributed by atoms with Gasteiger partial charge >= 0.3 is 0 Å². The second kappa shape index (κ2) is 7.66. The first-order valence-corrected chi connectivity index (χ1v) is 9.22. The molecular weight excluding hydrogens is 304 g/mol. The number of amides is 1. The molecule has 3 nitrogen and oxygen atoms in total. The minimum Gasteiger partial charge on any atom is -0.324 e. The molecule has 0 bridgehead atoms. The van der Waals surface area contributed by atoms with E-state index in [4.69, 9.17) is 0 Å². The number of carbonyl (C=O) groups is 1. The van der Waals surface area contributed by atoms with E-state index in [1.54, 1.807) is 11.8 Å². The molecule has 0 aliphatic carbocycles. The van der Waals surface area contributed by atoms with Crippen LogP contribution < -0.4 is 5.32 Å². The smallest absolute Gasteiger partial charge is 0.238 e. The number of nitrogens with zero attached hydrogens (tertiary/aromatic N) is 1. The van der Waals surface area contributed by atoms with Gasteiger partial charge in [0.1, 0.15) is 0 Å². The summed E-state index contributed by atoms with van der Waals surface area (Å²) in [5.74, 6) is 0.0642. The van der Waals surface area contributed by atoms with E-state index in [0.717, 1.165) is 30.0 Å². The third kappa shape index (κ3) is 3.95. The van der Waals surface area contributed by atoms with Crippen LogP contribution in [0.2, 0.25) is 0 Å². The minimum atomic E-state index is 0.0642. The van der Waals surface area contributed by atoms with Gasteiger partial charge in [-0.25, -0.2) is 0 Å². The molecule has 120 valence electrons. The lowest BCUT2D eigenvalue weighted by Gasteiger charge is -2.24. The molecule has 0 saturated carbocycles. The van der Waals surface area contributed by atoms with Crippen LogP contribution in [-0.4, -0.2) is 30.2 Å². The molecule has 3 rings (SSSR count). The van der Waals surface area contributed by atoms with E-state index in [0.29, 0.717) is 12.6 Å². The van der Waals surface area contributed by atoms with Gasteiger partial charge in [-0.2, -0.15) is 0 Å². The summed E-state index contributed by atoms with van der Waals surface area (Å²) in [7, 11) is 0. The van der Waals surface area contributed by atoms with Crippen LogP contribution in [0, 0.1) is 0 Å². The molecule has 0 aromatic heterocycles. The fourth-order valence-electron chi connectivity index (χ4n) is 3.19. The largest absolute Gasteiger partial charge is 0.324 e. The van der Waals surface area contributed by atoms with Crippen molar-refractivity contribution in [3.8, 4) is 0 Å². The van der Waals surface area contributed by atoms with E-state index in [-0.39, 0.29) is 5.91 Å². The molecule has 23 heavy (non-hydrogen) atoms. The van der Waals surface area contributed by atoms with Gasteiger partial charge in [-0.15, -0.1) is 11.8 Å². The average molecular weight is 326 g/mol. The van der Waals surface area contributed by atoms with Crippen molar-refractivity contribution in [3.05, 3.63) is 60.2 Å². The lowest BCUT2D eigenvalue weighted by Crippen LogP contribution is -2.33. The number of benzene rings is 2. The fourth-order valence-corrected chi connectivity index (χ4v) is 3.74. The summed E-state index contributed by atoms with van der Waals surface area (Å²) < 4.78 is 0. The number of carbonyl (C=O) groups excluding carboxylic acids is 1. The Kier molecular flexibility index (Phi) is 5.36. The SMILES string of the molecule is CSc1ccccc1NC(=O)CN1CCCC1c1ccccc1. The third-order valence-electron chi connectivity index (χ3n) is 4.28. The lowest BCUT2D eigenvalue weighted by molar-refractivity contribution is -0.117. The molecule has 1 saturated heterocycles. The van der Waals surface area contributed by atoms with Gasteiger partial charge in [0.25, 0.3) is 0 Å². The van der Waals surface area contributed by atoms with Gasteiger partial charge in [0, 0.05) is 10.9 Å². The second-order valence-electron chi connectivity index (χ2n) is 5.79. The molecule has 1 heterocycles. The molecule has 2 aromatic carbocycles. The quantitative estimate of drug-likeness (QED) is 0.837. The Morgan fingerprint density at radius 2 is 1.91 bits per heavy atom. The molecule has 1 N–H and O–H groups in total. The highest BCUT2D eigenvalue weighted by Gasteiger charge is 2.27. The second-order valence-corrected chi connectivity index (χ2v) is 6.64. The molecule has 0 radical (unpaired) electrons. The third-order valence-corrected chi connectivity index (χ3v) is 5.07. The fraction of sp³-hybridized carbons (Fsp3) is 0.316. The number of para-hydroxylation sites is 1. The molecule has 1 fully saturated rings. The number of nitrogens with one attached hydrogen (secondary N) is 1. The van der Waals surface area contributed by atoms with Crippen LogP contribution in [0.3, 0.4) is 0 Å². The summed E-state index contributed by atoms with van der Waals surface area (Å²) in [6.45, 7) is 1.43. The standard InChI is InChI=1S/C19H22N2OS/c1-23-18-12-6-5-10-16(18)20-19(22)14-21-13-7-11-17(21)15-8-3-2-4-9-15/h2-6,8-10,12,17H,7,11,13-14H2,1H3,(H,20,22). The number of anilines is 1. The predicted octanol–water partition coefficient (Wildman–Crippen LogP) is 4.18. The highest BCUT2D eigenvalue weighted by Crippen LogP contribution is 2.31. The molecule has 1 amide bonds. The summed E-state index contributed by atoms with van der Waals surface area (Å²) in [5.41, 5.74) is 2.21. The Bertz CT molecular complexity index is 659. The zero-order chi connectivity index (χ0) is 16.1. The molecule has 1 aliphatic heterocycles. The Balaban J connectivity index is 1.65. The molecule has 1 atom stereocenters. The highest BCUT2D eigenvalue weighted by molar-refractivity contribution is 7.98. The highest BCUT2D eigenvalue weighted by atomic mass is 32.2. The topological polar surface area (TPSA) is 32.3 Å². The van der Waals surface area contributed by atoms with Crippen molar-refractivity contribution >= 4 is 23.4 Å². The molecular formula is C19H22N2OS. The van der Waals surface area contributed by atoms with Gasteiger partial charge in [-0.05, 0) is 43.3 Å². The summed E-state index contributed by atoms with van der Waals surface area (Å²) in [6, 6.07) is 18.8. The van der Waals surface area contributed by atoms with Crippen molar-refractivity contribution in [3.63, 3.8) is 0 Å². The molecule has 1 aliphatic rings. The first kappa shape index (κ1) is 16.1. The number of thioether (sulfide) groups is 1. The van der Waals surface area contributed by atoms with Gasteiger partial charge in [0.05, 0.1) is 12.2 Å². The van der Waals surface area contributed by atoms with Crippen LogP contribution in [0.4, 0.5) is 5.69 Å². The monoisotopic (exact) mass is 326 g/mol. The van der Waals surface area contributed by atoms with Crippen molar-refractivity contribution in [1.82, 2.24) is 4.90 Å². The lowest BCUT2D eigenvalue weighted by atomic mass is 10.0. The minimum absolute atomic E-state index is 0.0642. The summed E-state index contributed by atoms with van der Waals surface area (Å²) in [6.07, 6.45) is 4.30. The van der Waals surface area contributed by atoms with Crippen LogP contribution >= 0.6 is 11.8 Å². The predicted molar refractivity (Wildman–Crippen MR) is 96.8 cm³/mol. The summed E-state index contributed by atoms with van der Waals surface area (Å²) in [5, 5.41) is 3.06. The van der Waals surface area contributed by atoms with Crippen molar-refractivity contribution < 1.29 is 4.79 Å². The van der Waals surface area contributed by atoms with Gasteiger partial charge < -0.3 is 5.32 Å². The number of likely N-dealkylation sites (tertiary alicyclic amines) is 1. The van der Waals surface area contributed by atoms with E-state index >= 15 is 0 Å². The first-order chi connectivity index (χ1) is 11.3. The van der Waals surface area contributed by atoms with Gasteiger partial charge in [-0.3, -0.25) is 9.69 Å². The maximum absolute atomic E-state index is 12.5. The number of hydrogen-bond donors (Lipinski definition) is 1. The van der Waals surface area contributed by atoms with E-state index in [2.05, 4.69) is 34.5 Å². The van der Waals surface area contributed by atoms with Crippen molar-refractivity contribution in [2.45, 2.75) is 23.8 Å². The molecule has 4 heteroatoms. The van der Waals surface area contributed by atoms with E-state index < -0.39 is 0 Å². The van der Waals surface area contributed by atoms with Gasteiger partial charge in [0.15, 0.2) is 0 Å². The maximum Gasteiger partial charge on any atom is 0.238 e. The molecule has 0 spiro atoms. The molecule has 2 aromatic rings. The normalized spacial score (nSPS) is 18.0. The van der Waals surface area contributed by atoms with Gasteiger partial charge in [-0.1, -0.05) is 42.5 Å². The zero-order valence-corrected chi connectivity index (χ0v) is 14.2. The Labute approximate surface area is 142 Å². The van der Waals surface area contributed by atoms with Crippen LogP contribution in [0.5, 0.6) is 0 Å². The van der Waals surface area contributed by atoms with E-state index in [1.165, 1.54) is 5.56 Å². The number of hydrogen-bond acceptors (Lipinski definition) is 3. The first-order valence-electron chi connectivity index (χ1n) is 8.00. The summed E-state index contributed by atoms with van der Waals surface area (Å²) >= 11 is 1.65. The van der Waals surface area contributed by atoms with Gasteiger partial charge in [0.2, 0.25) is 5.91 Å². The maximum atomic E-state index is 12.5. The number of rotatable bonds is 5. The Morgan fingerprint density at radius 3 is 2.70 bits per heavy atom.